The summed E-state index contributed by atoms with van der Waals surface area (Å²) in [5, 5.41) is 16.7. The number of carboxylic acids is 1. The number of carbonyl (C=O) groups is 1. The fourth-order valence-electron chi connectivity index (χ4n) is 1.73. The van der Waals surface area contributed by atoms with Crippen LogP contribution in [0.25, 0.3) is 0 Å². The maximum Gasteiger partial charge on any atom is 0.324 e. The fourth-order valence-corrected chi connectivity index (χ4v) is 1.73. The lowest BCUT2D eigenvalue weighted by atomic mass is 10.2. The Bertz CT molecular complexity index is 383. The monoisotopic (exact) mass is 210 g/mol. The highest BCUT2D eigenvalue weighted by Gasteiger charge is 2.53. The molecule has 1 N–H and O–H groups in total. The molecule has 0 spiro atoms. The van der Waals surface area contributed by atoms with Gasteiger partial charge in [0.15, 0.2) is 0 Å². The summed E-state index contributed by atoms with van der Waals surface area (Å²) in [5.41, 5.74) is 0.273. The van der Waals surface area contributed by atoms with Crippen molar-refractivity contribution < 1.29 is 9.90 Å². The molecule has 15 heavy (non-hydrogen) atoms. The smallest absolute Gasteiger partial charge is 0.324 e. The summed E-state index contributed by atoms with van der Waals surface area (Å²) in [5.74, 6) is -0.736. The number of aromatic nitrogens is 3. The van der Waals surface area contributed by atoms with Gasteiger partial charge in [0, 0.05) is 13.6 Å². The first-order chi connectivity index (χ1) is 7.06. The van der Waals surface area contributed by atoms with Crippen LogP contribution in [0, 0.1) is 0 Å². The third-order valence-corrected chi connectivity index (χ3v) is 3.06. The van der Waals surface area contributed by atoms with Crippen LogP contribution in [0.2, 0.25) is 0 Å². The maximum atomic E-state index is 11.1. The van der Waals surface area contributed by atoms with E-state index >= 15 is 0 Å². The molecule has 1 heterocycles. The number of aryl methyl sites for hydroxylation is 1. The summed E-state index contributed by atoms with van der Waals surface area (Å²) < 4.78 is 1.66. The molecule has 2 rings (SSSR count). The van der Waals surface area contributed by atoms with Gasteiger partial charge < -0.3 is 5.11 Å². The van der Waals surface area contributed by atoms with Gasteiger partial charge in [0.2, 0.25) is 0 Å². The molecule has 1 saturated carbocycles. The second kappa shape index (κ2) is 3.30. The van der Waals surface area contributed by atoms with Gasteiger partial charge in [-0.15, -0.1) is 5.10 Å². The summed E-state index contributed by atoms with van der Waals surface area (Å²) in [6.45, 7) is 0.565. The van der Waals surface area contributed by atoms with Gasteiger partial charge in [-0.3, -0.25) is 14.4 Å². The van der Waals surface area contributed by atoms with Crippen molar-refractivity contribution in [2.45, 2.75) is 24.9 Å². The van der Waals surface area contributed by atoms with Gasteiger partial charge in [-0.25, -0.2) is 0 Å². The molecule has 82 valence electrons. The minimum absolute atomic E-state index is 0.565. The number of likely N-dealkylation sites (N-methyl/N-ethyl adjacent to an activating group) is 1. The Balaban J connectivity index is 2.08. The third-order valence-electron chi connectivity index (χ3n) is 3.06. The summed E-state index contributed by atoms with van der Waals surface area (Å²) >= 11 is 0. The zero-order valence-electron chi connectivity index (χ0n) is 8.84. The van der Waals surface area contributed by atoms with Crippen LogP contribution in [0.5, 0.6) is 0 Å². The molecular formula is C9H14N4O2. The van der Waals surface area contributed by atoms with Gasteiger partial charge in [-0.1, -0.05) is 5.21 Å². The van der Waals surface area contributed by atoms with Crippen molar-refractivity contribution in [3.63, 3.8) is 0 Å². The van der Waals surface area contributed by atoms with Crippen LogP contribution < -0.4 is 0 Å². The van der Waals surface area contributed by atoms with Crippen molar-refractivity contribution >= 4 is 5.97 Å². The van der Waals surface area contributed by atoms with Crippen LogP contribution in [-0.2, 0) is 18.4 Å². The number of carboxylic acid groups (broad SMARTS) is 1. The van der Waals surface area contributed by atoms with E-state index in [0.29, 0.717) is 6.54 Å². The summed E-state index contributed by atoms with van der Waals surface area (Å²) in [4.78, 5) is 12.9. The fraction of sp³-hybridized carbons (Fsp3) is 0.667. The van der Waals surface area contributed by atoms with E-state index in [1.54, 1.807) is 17.9 Å². The lowest BCUT2D eigenvalue weighted by Gasteiger charge is -2.23. The summed E-state index contributed by atoms with van der Waals surface area (Å²) in [6.07, 6.45) is 3.11. The van der Waals surface area contributed by atoms with Crippen LogP contribution in [0.1, 0.15) is 18.5 Å². The first-order valence-electron chi connectivity index (χ1n) is 4.84. The second-order valence-electron chi connectivity index (χ2n) is 4.04. The van der Waals surface area contributed by atoms with Crippen LogP contribution in [0.15, 0.2) is 6.20 Å². The minimum Gasteiger partial charge on any atom is -0.480 e. The van der Waals surface area contributed by atoms with Gasteiger partial charge in [-0.2, -0.15) is 0 Å². The predicted molar refractivity (Wildman–Crippen MR) is 52.1 cm³/mol. The molecule has 0 aliphatic heterocycles. The number of hydrogen-bond acceptors (Lipinski definition) is 4. The van der Waals surface area contributed by atoms with E-state index in [2.05, 4.69) is 10.3 Å². The third kappa shape index (κ3) is 1.61. The lowest BCUT2D eigenvalue weighted by Crippen LogP contribution is -2.40. The molecule has 0 bridgehead atoms. The Labute approximate surface area is 87.5 Å². The van der Waals surface area contributed by atoms with E-state index < -0.39 is 11.5 Å². The van der Waals surface area contributed by atoms with Crippen LogP contribution in [0.3, 0.4) is 0 Å². The molecule has 0 aromatic carbocycles. The van der Waals surface area contributed by atoms with Crippen LogP contribution >= 0.6 is 0 Å². The highest BCUT2D eigenvalue weighted by atomic mass is 16.4. The van der Waals surface area contributed by atoms with Crippen molar-refractivity contribution in [1.82, 2.24) is 19.9 Å². The average Bonchev–Trinajstić information content (AvgIpc) is 2.89. The van der Waals surface area contributed by atoms with Crippen molar-refractivity contribution in [3.05, 3.63) is 11.9 Å². The molecule has 1 fully saturated rings. The quantitative estimate of drug-likeness (QED) is 0.749. The summed E-state index contributed by atoms with van der Waals surface area (Å²) in [7, 11) is 3.63. The molecule has 0 atom stereocenters. The zero-order chi connectivity index (χ0) is 11.1. The highest BCUT2D eigenvalue weighted by Crippen LogP contribution is 2.41. The summed E-state index contributed by atoms with van der Waals surface area (Å²) in [6, 6.07) is 0. The Morgan fingerprint density at radius 3 is 2.80 bits per heavy atom. The molecule has 1 aliphatic carbocycles. The molecule has 6 nitrogen and oxygen atoms in total. The van der Waals surface area contributed by atoms with Gasteiger partial charge in [0.25, 0.3) is 0 Å². The standard InChI is InChI=1S/C9H14N4O2/c1-12(9(3-4-9)8(14)15)6-7-5-10-11-13(7)2/h5H,3-4,6H2,1-2H3,(H,14,15). The highest BCUT2D eigenvalue weighted by molar-refractivity contribution is 5.82. The van der Waals surface area contributed by atoms with Gasteiger partial charge in [0.05, 0.1) is 11.9 Å². The molecule has 1 aromatic rings. The van der Waals surface area contributed by atoms with Crippen LogP contribution in [0.4, 0.5) is 0 Å². The van der Waals surface area contributed by atoms with Crippen LogP contribution in [-0.4, -0.2) is 43.6 Å². The molecule has 0 radical (unpaired) electrons. The molecule has 6 heteroatoms. The largest absolute Gasteiger partial charge is 0.480 e. The van der Waals surface area contributed by atoms with E-state index in [4.69, 9.17) is 5.11 Å². The Morgan fingerprint density at radius 1 is 1.73 bits per heavy atom. The van der Waals surface area contributed by atoms with E-state index in [-0.39, 0.29) is 0 Å². The first-order valence-corrected chi connectivity index (χ1v) is 4.84. The molecule has 0 amide bonds. The Morgan fingerprint density at radius 2 is 2.40 bits per heavy atom. The van der Waals surface area contributed by atoms with E-state index in [1.807, 2.05) is 11.9 Å². The van der Waals surface area contributed by atoms with E-state index in [1.165, 1.54) is 0 Å². The second-order valence-corrected chi connectivity index (χ2v) is 4.04. The maximum absolute atomic E-state index is 11.1. The van der Waals surface area contributed by atoms with Crippen molar-refractivity contribution in [1.29, 1.82) is 0 Å². The first kappa shape index (κ1) is 10.1. The van der Waals surface area contributed by atoms with E-state index in [0.717, 1.165) is 18.5 Å². The van der Waals surface area contributed by atoms with Crippen molar-refractivity contribution in [2.75, 3.05) is 7.05 Å². The zero-order valence-corrected chi connectivity index (χ0v) is 8.84. The number of rotatable bonds is 4. The molecular weight excluding hydrogens is 196 g/mol. The minimum atomic E-state index is -0.736. The molecule has 0 unspecified atom stereocenters. The Kier molecular flexibility index (Phi) is 2.22. The molecule has 1 aliphatic rings. The number of aliphatic carboxylic acids is 1. The van der Waals surface area contributed by atoms with Gasteiger partial charge >= 0.3 is 5.97 Å². The number of hydrogen-bond donors (Lipinski definition) is 1. The van der Waals surface area contributed by atoms with Crippen molar-refractivity contribution in [3.8, 4) is 0 Å². The topological polar surface area (TPSA) is 71.2 Å². The van der Waals surface area contributed by atoms with Gasteiger partial charge in [0.1, 0.15) is 5.54 Å². The van der Waals surface area contributed by atoms with Gasteiger partial charge in [-0.05, 0) is 19.9 Å². The number of nitrogens with zero attached hydrogens (tertiary/aromatic N) is 4. The van der Waals surface area contributed by atoms with E-state index in [9.17, 15) is 4.79 Å². The average molecular weight is 210 g/mol. The normalized spacial score (nSPS) is 18.1. The molecule has 0 saturated heterocycles. The van der Waals surface area contributed by atoms with Crippen molar-refractivity contribution in [2.24, 2.45) is 7.05 Å². The SMILES string of the molecule is CN(Cc1cnnn1C)C1(C(=O)O)CC1. The Hall–Kier alpha value is -1.43. The predicted octanol–water partition coefficient (Wildman–Crippen LogP) is -0.136. The molecule has 1 aromatic heterocycles. The lowest BCUT2D eigenvalue weighted by molar-refractivity contribution is -0.144.